The Morgan fingerprint density at radius 3 is 1.55 bits per heavy atom. The van der Waals surface area contributed by atoms with Gasteiger partial charge in [-0.2, -0.15) is 0 Å². The average Bonchev–Trinajstić information content (AvgIpc) is 2.41. The molecule has 0 spiro atoms. The molecule has 0 saturated heterocycles. The first-order valence-corrected chi connectivity index (χ1v) is 9.81. The molecule has 0 rings (SSSR count). The Morgan fingerprint density at radius 1 is 0.818 bits per heavy atom. The minimum atomic E-state index is -5.17. The number of unbranched alkanes of at least 4 members (excludes halogenated alkanes) is 5. The summed E-state index contributed by atoms with van der Waals surface area (Å²) in [5.41, 5.74) is 0. The minimum absolute atomic E-state index is 0.355. The lowest BCUT2D eigenvalue weighted by molar-refractivity contribution is 0.227. The fourth-order valence-electron chi connectivity index (χ4n) is 2.32. The molecule has 0 aromatic heterocycles. The van der Waals surface area contributed by atoms with Crippen molar-refractivity contribution < 1.29 is 22.6 Å². The second-order valence-corrected chi connectivity index (χ2v) is 7.11. The van der Waals surface area contributed by atoms with Gasteiger partial charge in [0.15, 0.2) is 0 Å². The van der Waals surface area contributed by atoms with Crippen LogP contribution >= 0.6 is 0 Å². The van der Waals surface area contributed by atoms with Crippen molar-refractivity contribution in [2.75, 3.05) is 6.61 Å². The lowest BCUT2D eigenvalue weighted by Crippen LogP contribution is -2.00. The third-order valence-corrected chi connectivity index (χ3v) is 3.76. The predicted molar refractivity (Wildman–Crippen MR) is 87.7 cm³/mol. The summed E-state index contributed by atoms with van der Waals surface area (Å²) >= 11 is 0. The lowest BCUT2D eigenvalue weighted by Gasteiger charge is -2.11. The SMILES string of the molecule is CCCCCCC(C)CCCCCC(C)CO.O=S(=O)([O-])[O-]. The number of hydrogen-bond acceptors (Lipinski definition) is 5. The smallest absolute Gasteiger partial charge is 0.0456 e. The van der Waals surface area contributed by atoms with Crippen molar-refractivity contribution in [2.24, 2.45) is 11.8 Å². The summed E-state index contributed by atoms with van der Waals surface area (Å²) in [5, 5.41) is 8.92. The standard InChI is InChI=1S/C16H34O.H2O4S/c1-4-5-6-8-11-15(2)12-9-7-10-13-16(3)14-17;1-5(2,3)4/h15-17H,4-14H2,1-3H3;(H2,1,2,3,4)/p-2. The third-order valence-electron chi connectivity index (χ3n) is 3.76. The maximum atomic E-state index is 8.92. The Labute approximate surface area is 137 Å². The van der Waals surface area contributed by atoms with E-state index in [-0.39, 0.29) is 0 Å². The van der Waals surface area contributed by atoms with Gasteiger partial charge in [0.05, 0.1) is 0 Å². The molecule has 0 aromatic carbocycles. The van der Waals surface area contributed by atoms with Crippen LogP contribution in [0.2, 0.25) is 0 Å². The molecule has 2 atom stereocenters. The van der Waals surface area contributed by atoms with Crippen molar-refractivity contribution in [3.8, 4) is 0 Å². The third kappa shape index (κ3) is 28.1. The Morgan fingerprint density at radius 2 is 1.18 bits per heavy atom. The molecule has 1 N–H and O–H groups in total. The van der Waals surface area contributed by atoms with E-state index in [0.717, 1.165) is 5.92 Å². The van der Waals surface area contributed by atoms with Crippen molar-refractivity contribution in [3.63, 3.8) is 0 Å². The van der Waals surface area contributed by atoms with Gasteiger partial charge in [-0.25, -0.2) is 0 Å². The predicted octanol–water partition coefficient (Wildman–Crippen LogP) is 3.83. The molecule has 0 aliphatic rings. The van der Waals surface area contributed by atoms with Gasteiger partial charge in [0.2, 0.25) is 0 Å². The van der Waals surface area contributed by atoms with Crippen LogP contribution in [0.25, 0.3) is 0 Å². The van der Waals surface area contributed by atoms with Crippen molar-refractivity contribution in [3.05, 3.63) is 0 Å². The van der Waals surface area contributed by atoms with Gasteiger partial charge >= 0.3 is 0 Å². The molecule has 0 fully saturated rings. The molecule has 0 radical (unpaired) electrons. The number of hydrogen-bond donors (Lipinski definition) is 1. The Kier molecular flexibility index (Phi) is 17.2. The largest absolute Gasteiger partial charge is 0.759 e. The molecule has 0 aliphatic carbocycles. The Bertz CT molecular complexity index is 308. The molecule has 2 unspecified atom stereocenters. The van der Waals surface area contributed by atoms with Crippen LogP contribution < -0.4 is 0 Å². The van der Waals surface area contributed by atoms with Crippen LogP contribution in [0.5, 0.6) is 0 Å². The van der Waals surface area contributed by atoms with Crippen LogP contribution in [0, 0.1) is 11.8 Å². The monoisotopic (exact) mass is 338 g/mol. The number of rotatable bonds is 12. The summed E-state index contributed by atoms with van der Waals surface area (Å²) in [5.74, 6) is 1.42. The Balaban J connectivity index is 0. The first-order chi connectivity index (χ1) is 10.2. The zero-order valence-electron chi connectivity index (χ0n) is 14.4. The van der Waals surface area contributed by atoms with Crippen LogP contribution in [0.4, 0.5) is 0 Å². The molecule has 0 amide bonds. The van der Waals surface area contributed by atoms with Crippen molar-refractivity contribution >= 4 is 10.4 Å². The molecule has 136 valence electrons. The minimum Gasteiger partial charge on any atom is -0.759 e. The quantitative estimate of drug-likeness (QED) is 0.331. The van der Waals surface area contributed by atoms with Crippen LogP contribution in [0.15, 0.2) is 0 Å². The van der Waals surface area contributed by atoms with Gasteiger partial charge < -0.3 is 14.2 Å². The Hall–Kier alpha value is -0.170. The molecule has 6 heteroatoms. The van der Waals surface area contributed by atoms with E-state index in [4.69, 9.17) is 22.6 Å². The van der Waals surface area contributed by atoms with E-state index in [1.165, 1.54) is 64.2 Å². The molecule has 0 heterocycles. The van der Waals surface area contributed by atoms with E-state index in [9.17, 15) is 0 Å². The summed E-state index contributed by atoms with van der Waals surface area (Å²) in [6.45, 7) is 7.17. The zero-order valence-corrected chi connectivity index (χ0v) is 15.2. The highest BCUT2D eigenvalue weighted by atomic mass is 32.3. The van der Waals surface area contributed by atoms with E-state index >= 15 is 0 Å². The summed E-state index contributed by atoms with van der Waals surface area (Å²) in [6.07, 6.45) is 13.7. The second-order valence-electron chi connectivity index (χ2n) is 6.29. The van der Waals surface area contributed by atoms with E-state index in [1.54, 1.807) is 0 Å². The number of aliphatic hydroxyl groups excluding tert-OH is 1. The topological polar surface area (TPSA) is 100 Å². The molecule has 0 bridgehead atoms. The van der Waals surface area contributed by atoms with E-state index in [1.807, 2.05) is 0 Å². The van der Waals surface area contributed by atoms with E-state index in [2.05, 4.69) is 20.8 Å². The maximum absolute atomic E-state index is 8.92. The molecule has 22 heavy (non-hydrogen) atoms. The van der Waals surface area contributed by atoms with Crippen LogP contribution in [-0.4, -0.2) is 29.2 Å². The van der Waals surface area contributed by atoms with Gasteiger partial charge in [0.25, 0.3) is 0 Å². The first kappa shape index (κ1) is 24.1. The first-order valence-electron chi connectivity index (χ1n) is 8.48. The van der Waals surface area contributed by atoms with Gasteiger partial charge in [-0.3, -0.25) is 8.42 Å². The highest BCUT2D eigenvalue weighted by molar-refractivity contribution is 7.79. The highest BCUT2D eigenvalue weighted by Gasteiger charge is 2.03. The average molecular weight is 339 g/mol. The summed E-state index contributed by atoms with van der Waals surface area (Å²) in [6, 6.07) is 0. The summed E-state index contributed by atoms with van der Waals surface area (Å²) < 4.78 is 34.1. The lowest BCUT2D eigenvalue weighted by atomic mass is 9.95. The van der Waals surface area contributed by atoms with Gasteiger partial charge in [-0.1, -0.05) is 78.6 Å². The van der Waals surface area contributed by atoms with Crippen LogP contribution in [0.1, 0.15) is 85.0 Å². The fraction of sp³-hybridized carbons (Fsp3) is 1.00. The zero-order chi connectivity index (χ0) is 17.4. The maximum Gasteiger partial charge on any atom is 0.0456 e. The highest BCUT2D eigenvalue weighted by Crippen LogP contribution is 2.18. The molecule has 5 nitrogen and oxygen atoms in total. The van der Waals surface area contributed by atoms with Crippen molar-refractivity contribution in [1.82, 2.24) is 0 Å². The number of aliphatic hydroxyl groups is 1. The van der Waals surface area contributed by atoms with Crippen molar-refractivity contribution in [2.45, 2.75) is 85.0 Å². The van der Waals surface area contributed by atoms with E-state index < -0.39 is 10.4 Å². The van der Waals surface area contributed by atoms with Gasteiger partial charge in [-0.15, -0.1) is 0 Å². The van der Waals surface area contributed by atoms with E-state index in [0.29, 0.717) is 12.5 Å². The normalized spacial score (nSPS) is 14.1. The van der Waals surface area contributed by atoms with Crippen LogP contribution in [-0.2, 0) is 10.4 Å². The summed E-state index contributed by atoms with van der Waals surface area (Å²) in [7, 11) is -5.17. The molecular weight excluding hydrogens is 304 g/mol. The molecule has 0 aromatic rings. The van der Waals surface area contributed by atoms with Gasteiger partial charge in [-0.05, 0) is 18.3 Å². The van der Waals surface area contributed by atoms with Crippen molar-refractivity contribution in [1.29, 1.82) is 0 Å². The fourth-order valence-corrected chi connectivity index (χ4v) is 2.32. The van der Waals surface area contributed by atoms with Gasteiger partial charge in [0.1, 0.15) is 0 Å². The summed E-state index contributed by atoms with van der Waals surface area (Å²) in [4.78, 5) is 0. The van der Waals surface area contributed by atoms with Gasteiger partial charge in [0, 0.05) is 17.0 Å². The molecule has 0 aliphatic heterocycles. The van der Waals surface area contributed by atoms with Crippen LogP contribution in [0.3, 0.4) is 0 Å². The molecule has 0 saturated carbocycles. The molecular formula is C16H34O5S-2. The second kappa shape index (κ2) is 15.7.